The average Bonchev–Trinajstić information content (AvgIpc) is 2.44. The highest BCUT2D eigenvalue weighted by Gasteiger charge is 2.09. The Morgan fingerprint density at radius 1 is 1.32 bits per heavy atom. The summed E-state index contributed by atoms with van der Waals surface area (Å²) in [7, 11) is 0. The van der Waals surface area contributed by atoms with E-state index in [4.69, 9.17) is 27.9 Å². The van der Waals surface area contributed by atoms with Crippen molar-refractivity contribution in [3.05, 3.63) is 39.9 Å². The fourth-order valence-electron chi connectivity index (χ4n) is 1.83. The first kappa shape index (κ1) is 18.5. The van der Waals surface area contributed by atoms with Crippen LogP contribution in [0, 0.1) is 0 Å². The largest absolute Gasteiger partial charge is 0.452 e. The van der Waals surface area contributed by atoms with Crippen LogP contribution in [0.1, 0.15) is 32.3 Å². The molecule has 0 saturated carbocycles. The van der Waals surface area contributed by atoms with Crippen LogP contribution in [-0.2, 0) is 14.3 Å². The number of amides is 1. The maximum Gasteiger partial charge on any atom is 0.331 e. The van der Waals surface area contributed by atoms with Crippen LogP contribution in [-0.4, -0.2) is 24.5 Å². The fourth-order valence-corrected chi connectivity index (χ4v) is 2.35. The molecule has 0 aliphatic rings. The second-order valence-electron chi connectivity index (χ2n) is 4.83. The molecule has 1 aromatic carbocycles. The van der Waals surface area contributed by atoms with E-state index in [9.17, 15) is 9.59 Å². The Balaban J connectivity index is 2.46. The summed E-state index contributed by atoms with van der Waals surface area (Å²) in [6.45, 7) is 3.63. The van der Waals surface area contributed by atoms with Crippen LogP contribution >= 0.6 is 23.2 Å². The molecule has 0 radical (unpaired) electrons. The normalized spacial score (nSPS) is 12.2. The van der Waals surface area contributed by atoms with E-state index in [1.807, 2.05) is 13.8 Å². The summed E-state index contributed by atoms with van der Waals surface area (Å²) >= 11 is 12.0. The molecule has 1 aromatic rings. The van der Waals surface area contributed by atoms with Crippen molar-refractivity contribution >= 4 is 41.2 Å². The number of halogens is 2. The Bertz CT molecular complexity index is 538. The van der Waals surface area contributed by atoms with Gasteiger partial charge in [-0.05, 0) is 31.6 Å². The second-order valence-corrected chi connectivity index (χ2v) is 5.65. The van der Waals surface area contributed by atoms with Crippen molar-refractivity contribution in [2.45, 2.75) is 32.7 Å². The third kappa shape index (κ3) is 6.50. The van der Waals surface area contributed by atoms with Crippen LogP contribution in [0.3, 0.4) is 0 Å². The highest BCUT2D eigenvalue weighted by molar-refractivity contribution is 6.37. The minimum absolute atomic E-state index is 0.0636. The minimum Gasteiger partial charge on any atom is -0.452 e. The number of carbonyl (C=O) groups is 2. The molecule has 1 N–H and O–H groups in total. The van der Waals surface area contributed by atoms with E-state index in [1.54, 1.807) is 18.2 Å². The zero-order valence-corrected chi connectivity index (χ0v) is 14.1. The molecule has 1 rings (SSSR count). The topological polar surface area (TPSA) is 55.4 Å². The first-order valence-corrected chi connectivity index (χ1v) is 7.77. The molecule has 22 heavy (non-hydrogen) atoms. The summed E-state index contributed by atoms with van der Waals surface area (Å²) in [5, 5.41) is 3.61. The van der Waals surface area contributed by atoms with Gasteiger partial charge in [-0.15, -0.1) is 0 Å². The van der Waals surface area contributed by atoms with E-state index in [1.165, 1.54) is 12.2 Å². The number of ether oxygens (including phenoxy) is 1. The van der Waals surface area contributed by atoms with Gasteiger partial charge in [-0.3, -0.25) is 4.79 Å². The van der Waals surface area contributed by atoms with Crippen LogP contribution in [0.15, 0.2) is 24.3 Å². The standard InChI is InChI=1S/C16H19Cl2NO3/c1-3-5-11(2)19-15(20)10-22-16(21)9-8-12-13(17)6-4-7-14(12)18/h4,6-9,11H,3,5,10H2,1-2H3,(H,19,20)/b9-8+/t11-/m1/s1. The van der Waals surface area contributed by atoms with Gasteiger partial charge in [0, 0.05) is 27.7 Å². The quantitative estimate of drug-likeness (QED) is 0.604. The van der Waals surface area contributed by atoms with Gasteiger partial charge < -0.3 is 10.1 Å². The number of rotatable bonds is 7. The molecule has 0 unspecified atom stereocenters. The Hall–Kier alpha value is -1.52. The van der Waals surface area contributed by atoms with Gasteiger partial charge in [0.1, 0.15) is 0 Å². The molecule has 0 heterocycles. The van der Waals surface area contributed by atoms with Gasteiger partial charge in [-0.25, -0.2) is 4.79 Å². The molecule has 0 bridgehead atoms. The first-order chi connectivity index (χ1) is 10.4. The van der Waals surface area contributed by atoms with E-state index in [0.29, 0.717) is 15.6 Å². The van der Waals surface area contributed by atoms with Gasteiger partial charge in [0.15, 0.2) is 6.61 Å². The lowest BCUT2D eigenvalue weighted by Gasteiger charge is -2.12. The molecule has 120 valence electrons. The van der Waals surface area contributed by atoms with Crippen LogP contribution in [0.5, 0.6) is 0 Å². The predicted octanol–water partition coefficient (Wildman–Crippen LogP) is 3.85. The summed E-state index contributed by atoms with van der Waals surface area (Å²) < 4.78 is 4.86. The van der Waals surface area contributed by atoms with Crippen molar-refractivity contribution in [3.8, 4) is 0 Å². The lowest BCUT2D eigenvalue weighted by Crippen LogP contribution is -2.35. The van der Waals surface area contributed by atoms with E-state index in [0.717, 1.165) is 12.8 Å². The third-order valence-electron chi connectivity index (χ3n) is 2.86. The molecule has 4 nitrogen and oxygen atoms in total. The lowest BCUT2D eigenvalue weighted by atomic mass is 10.2. The highest BCUT2D eigenvalue weighted by Crippen LogP contribution is 2.25. The smallest absolute Gasteiger partial charge is 0.331 e. The van der Waals surface area contributed by atoms with Crippen molar-refractivity contribution in [2.24, 2.45) is 0 Å². The van der Waals surface area contributed by atoms with E-state index in [2.05, 4.69) is 5.32 Å². The van der Waals surface area contributed by atoms with Gasteiger partial charge >= 0.3 is 5.97 Å². The van der Waals surface area contributed by atoms with Crippen LogP contribution in [0.2, 0.25) is 10.0 Å². The van der Waals surface area contributed by atoms with E-state index < -0.39 is 5.97 Å². The Kier molecular flexibility index (Phi) is 7.99. The zero-order valence-electron chi connectivity index (χ0n) is 12.6. The van der Waals surface area contributed by atoms with Crippen molar-refractivity contribution in [1.82, 2.24) is 5.32 Å². The summed E-state index contributed by atoms with van der Waals surface area (Å²) in [6, 6.07) is 5.11. The second kappa shape index (κ2) is 9.49. The van der Waals surface area contributed by atoms with Crippen molar-refractivity contribution in [3.63, 3.8) is 0 Å². The van der Waals surface area contributed by atoms with Crippen LogP contribution in [0.4, 0.5) is 0 Å². The van der Waals surface area contributed by atoms with Crippen molar-refractivity contribution < 1.29 is 14.3 Å². The average molecular weight is 344 g/mol. The number of hydrogen-bond acceptors (Lipinski definition) is 3. The maximum absolute atomic E-state index is 11.6. The van der Waals surface area contributed by atoms with Crippen LogP contribution in [0.25, 0.3) is 6.08 Å². The molecule has 0 aromatic heterocycles. The summed E-state index contributed by atoms with van der Waals surface area (Å²) in [6.07, 6.45) is 4.51. The van der Waals surface area contributed by atoms with Crippen molar-refractivity contribution in [2.75, 3.05) is 6.61 Å². The molecule has 0 spiro atoms. The number of hydrogen-bond donors (Lipinski definition) is 1. The van der Waals surface area contributed by atoms with E-state index >= 15 is 0 Å². The van der Waals surface area contributed by atoms with Crippen LogP contribution < -0.4 is 5.32 Å². The lowest BCUT2D eigenvalue weighted by molar-refractivity contribution is -0.144. The molecule has 0 fully saturated rings. The Morgan fingerprint density at radius 2 is 1.95 bits per heavy atom. The Morgan fingerprint density at radius 3 is 2.55 bits per heavy atom. The van der Waals surface area contributed by atoms with Gasteiger partial charge in [-0.1, -0.05) is 42.6 Å². The highest BCUT2D eigenvalue weighted by atomic mass is 35.5. The number of benzene rings is 1. The molecule has 1 atom stereocenters. The van der Waals surface area contributed by atoms with Crippen molar-refractivity contribution in [1.29, 1.82) is 0 Å². The van der Waals surface area contributed by atoms with Gasteiger partial charge in [-0.2, -0.15) is 0 Å². The summed E-state index contributed by atoms with van der Waals surface area (Å²) in [5.41, 5.74) is 0.531. The van der Waals surface area contributed by atoms with Gasteiger partial charge in [0.2, 0.25) is 0 Å². The molecular formula is C16H19Cl2NO3. The summed E-state index contributed by atoms with van der Waals surface area (Å²) in [4.78, 5) is 23.1. The van der Waals surface area contributed by atoms with Gasteiger partial charge in [0.05, 0.1) is 0 Å². The Labute approximate surface area is 140 Å². The first-order valence-electron chi connectivity index (χ1n) is 7.02. The SMILES string of the molecule is CCC[C@@H](C)NC(=O)COC(=O)/C=C/c1c(Cl)cccc1Cl. The zero-order chi connectivity index (χ0) is 16.5. The monoisotopic (exact) mass is 343 g/mol. The third-order valence-corrected chi connectivity index (χ3v) is 3.52. The molecule has 6 heteroatoms. The van der Waals surface area contributed by atoms with E-state index in [-0.39, 0.29) is 18.6 Å². The minimum atomic E-state index is -0.630. The summed E-state index contributed by atoms with van der Waals surface area (Å²) in [5.74, 6) is -0.951. The molecule has 1 amide bonds. The fraction of sp³-hybridized carbons (Fsp3) is 0.375. The number of nitrogens with one attached hydrogen (secondary N) is 1. The molecule has 0 aliphatic heterocycles. The molecular weight excluding hydrogens is 325 g/mol. The number of carbonyl (C=O) groups excluding carboxylic acids is 2. The number of esters is 1. The molecule has 0 aliphatic carbocycles. The maximum atomic E-state index is 11.6. The predicted molar refractivity (Wildman–Crippen MR) is 89.0 cm³/mol. The molecule has 0 saturated heterocycles. The van der Waals surface area contributed by atoms with Gasteiger partial charge in [0.25, 0.3) is 5.91 Å².